The Morgan fingerprint density at radius 3 is 2.38 bits per heavy atom. The Balaban J connectivity index is 1.68. The first-order chi connectivity index (χ1) is 11.5. The number of anilines is 2. The van der Waals surface area contributed by atoms with Gasteiger partial charge in [-0.1, -0.05) is 11.6 Å². The highest BCUT2D eigenvalue weighted by molar-refractivity contribution is 6.31. The molecule has 0 saturated heterocycles. The molecule has 3 aromatic rings. The monoisotopic (exact) mass is 342 g/mol. The number of furan rings is 1. The van der Waals surface area contributed by atoms with Crippen LogP contribution in [0.1, 0.15) is 12.5 Å². The normalized spacial score (nSPS) is 10.6. The van der Waals surface area contributed by atoms with Crippen molar-refractivity contribution in [3.05, 3.63) is 59.3 Å². The lowest BCUT2D eigenvalue weighted by molar-refractivity contribution is -0.116. The lowest BCUT2D eigenvalue weighted by Crippen LogP contribution is -2.14. The summed E-state index contributed by atoms with van der Waals surface area (Å²) in [7, 11) is 0. The van der Waals surface area contributed by atoms with E-state index in [9.17, 15) is 9.59 Å². The first-order valence-electron chi connectivity index (χ1n) is 7.34. The van der Waals surface area contributed by atoms with Gasteiger partial charge < -0.3 is 15.1 Å². The van der Waals surface area contributed by atoms with Crippen LogP contribution in [-0.2, 0) is 16.0 Å². The van der Waals surface area contributed by atoms with Gasteiger partial charge in [-0.05, 0) is 42.5 Å². The minimum atomic E-state index is -0.162. The number of hydrogen-bond donors (Lipinski definition) is 2. The molecule has 0 aliphatic rings. The van der Waals surface area contributed by atoms with E-state index in [-0.39, 0.29) is 18.2 Å². The first-order valence-corrected chi connectivity index (χ1v) is 7.72. The van der Waals surface area contributed by atoms with Gasteiger partial charge in [-0.25, -0.2) is 0 Å². The smallest absolute Gasteiger partial charge is 0.228 e. The molecule has 0 spiro atoms. The molecule has 0 unspecified atom stereocenters. The van der Waals surface area contributed by atoms with Gasteiger partial charge in [-0.2, -0.15) is 0 Å². The summed E-state index contributed by atoms with van der Waals surface area (Å²) in [5.41, 5.74) is 2.80. The van der Waals surface area contributed by atoms with Crippen LogP contribution in [-0.4, -0.2) is 11.8 Å². The zero-order valence-electron chi connectivity index (χ0n) is 12.9. The Kier molecular flexibility index (Phi) is 4.53. The number of hydrogen-bond acceptors (Lipinski definition) is 3. The summed E-state index contributed by atoms with van der Waals surface area (Å²) < 4.78 is 5.43. The van der Waals surface area contributed by atoms with Gasteiger partial charge in [0.15, 0.2) is 0 Å². The van der Waals surface area contributed by atoms with Crippen LogP contribution >= 0.6 is 11.6 Å². The van der Waals surface area contributed by atoms with Crippen molar-refractivity contribution in [2.75, 3.05) is 10.6 Å². The molecule has 2 amide bonds. The molecular weight excluding hydrogens is 328 g/mol. The number of carbonyl (C=O) groups is 2. The number of amides is 2. The third-order valence-electron chi connectivity index (χ3n) is 3.46. The maximum atomic E-state index is 12.2. The molecule has 3 rings (SSSR count). The van der Waals surface area contributed by atoms with Gasteiger partial charge in [0.2, 0.25) is 11.8 Å². The molecular formula is C18H15ClN2O3. The van der Waals surface area contributed by atoms with Crippen LogP contribution in [0.3, 0.4) is 0 Å². The zero-order chi connectivity index (χ0) is 17.1. The first kappa shape index (κ1) is 16.1. The van der Waals surface area contributed by atoms with Gasteiger partial charge in [-0.15, -0.1) is 0 Å². The molecule has 0 fully saturated rings. The molecule has 5 nitrogen and oxygen atoms in total. The van der Waals surface area contributed by atoms with Gasteiger partial charge >= 0.3 is 0 Å². The fraction of sp³-hybridized carbons (Fsp3) is 0.111. The number of nitrogens with one attached hydrogen (secondary N) is 2. The largest absolute Gasteiger partial charge is 0.464 e. The van der Waals surface area contributed by atoms with Crippen LogP contribution in [0.2, 0.25) is 5.02 Å². The van der Waals surface area contributed by atoms with E-state index >= 15 is 0 Å². The topological polar surface area (TPSA) is 71.3 Å². The minimum Gasteiger partial charge on any atom is -0.464 e. The van der Waals surface area contributed by atoms with Crippen LogP contribution in [0.25, 0.3) is 11.0 Å². The Hall–Kier alpha value is -2.79. The second-order valence-electron chi connectivity index (χ2n) is 5.38. The van der Waals surface area contributed by atoms with E-state index < -0.39 is 0 Å². The number of carbonyl (C=O) groups excluding carboxylic acids is 2. The van der Waals surface area contributed by atoms with Gasteiger partial charge in [-0.3, -0.25) is 9.59 Å². The van der Waals surface area contributed by atoms with Crippen molar-refractivity contribution >= 4 is 45.8 Å². The zero-order valence-corrected chi connectivity index (χ0v) is 13.7. The Morgan fingerprint density at radius 2 is 1.71 bits per heavy atom. The van der Waals surface area contributed by atoms with Crippen LogP contribution in [0.4, 0.5) is 11.4 Å². The summed E-state index contributed by atoms with van der Waals surface area (Å²) >= 11 is 5.99. The lowest BCUT2D eigenvalue weighted by Gasteiger charge is -2.06. The standard InChI is InChI=1S/C18H15ClN2O3/c1-11(22)20-14-3-5-15(6-4-14)21-18(23)8-12-10-24-17-7-2-13(19)9-16(12)17/h2-7,9-10H,8H2,1H3,(H,20,22)(H,21,23). The highest BCUT2D eigenvalue weighted by Crippen LogP contribution is 2.25. The van der Waals surface area contributed by atoms with E-state index in [2.05, 4.69) is 10.6 Å². The summed E-state index contributed by atoms with van der Waals surface area (Å²) in [6.07, 6.45) is 1.75. The van der Waals surface area contributed by atoms with Crippen LogP contribution in [0.15, 0.2) is 53.1 Å². The average molecular weight is 343 g/mol. The van der Waals surface area contributed by atoms with E-state index in [1.54, 1.807) is 48.7 Å². The third-order valence-corrected chi connectivity index (χ3v) is 3.69. The van der Waals surface area contributed by atoms with Crippen molar-refractivity contribution in [3.63, 3.8) is 0 Å². The molecule has 2 N–H and O–H groups in total. The Labute approximate surface area is 143 Å². The van der Waals surface area contributed by atoms with Crippen LogP contribution in [0, 0.1) is 0 Å². The fourth-order valence-electron chi connectivity index (χ4n) is 2.41. The molecule has 6 heteroatoms. The molecule has 0 bridgehead atoms. The second kappa shape index (κ2) is 6.76. The van der Waals surface area contributed by atoms with Crippen molar-refractivity contribution in [2.24, 2.45) is 0 Å². The second-order valence-corrected chi connectivity index (χ2v) is 5.82. The highest BCUT2D eigenvalue weighted by Gasteiger charge is 2.11. The summed E-state index contributed by atoms with van der Waals surface area (Å²) in [6.45, 7) is 1.44. The molecule has 0 radical (unpaired) electrons. The predicted molar refractivity (Wildman–Crippen MR) is 94.3 cm³/mol. The van der Waals surface area contributed by atoms with Gasteiger partial charge in [0, 0.05) is 34.3 Å². The van der Waals surface area contributed by atoms with Gasteiger partial charge in [0.05, 0.1) is 12.7 Å². The van der Waals surface area contributed by atoms with Crippen LogP contribution in [0.5, 0.6) is 0 Å². The average Bonchev–Trinajstić information content (AvgIpc) is 2.91. The van der Waals surface area contributed by atoms with Crippen molar-refractivity contribution in [3.8, 4) is 0 Å². The quantitative estimate of drug-likeness (QED) is 0.745. The van der Waals surface area contributed by atoms with Gasteiger partial charge in [0.1, 0.15) is 5.58 Å². The van der Waals surface area contributed by atoms with Crippen molar-refractivity contribution in [1.29, 1.82) is 0 Å². The van der Waals surface area contributed by atoms with E-state index in [0.29, 0.717) is 22.0 Å². The number of benzene rings is 2. The summed E-state index contributed by atoms with van der Waals surface area (Å²) in [4.78, 5) is 23.2. The fourth-order valence-corrected chi connectivity index (χ4v) is 2.58. The van der Waals surface area contributed by atoms with Crippen molar-refractivity contribution in [1.82, 2.24) is 0 Å². The number of fused-ring (bicyclic) bond motifs is 1. The van der Waals surface area contributed by atoms with E-state index in [4.69, 9.17) is 16.0 Å². The number of rotatable bonds is 4. The van der Waals surface area contributed by atoms with Crippen LogP contribution < -0.4 is 10.6 Å². The Morgan fingerprint density at radius 1 is 1.04 bits per heavy atom. The predicted octanol–water partition coefficient (Wildman–Crippen LogP) is 4.23. The van der Waals surface area contributed by atoms with E-state index in [1.165, 1.54) is 6.92 Å². The lowest BCUT2D eigenvalue weighted by atomic mass is 10.1. The summed E-state index contributed by atoms with van der Waals surface area (Å²) in [6, 6.07) is 12.2. The Bertz CT molecular complexity index is 900. The molecule has 2 aromatic carbocycles. The molecule has 1 aromatic heterocycles. The SMILES string of the molecule is CC(=O)Nc1ccc(NC(=O)Cc2coc3ccc(Cl)cc23)cc1. The van der Waals surface area contributed by atoms with Crippen molar-refractivity contribution in [2.45, 2.75) is 13.3 Å². The maximum absolute atomic E-state index is 12.2. The summed E-state index contributed by atoms with van der Waals surface area (Å²) in [5.74, 6) is -0.303. The van der Waals surface area contributed by atoms with E-state index in [1.807, 2.05) is 0 Å². The number of halogens is 1. The molecule has 0 aliphatic heterocycles. The van der Waals surface area contributed by atoms with Crippen molar-refractivity contribution < 1.29 is 14.0 Å². The third kappa shape index (κ3) is 3.75. The molecule has 0 atom stereocenters. The molecule has 24 heavy (non-hydrogen) atoms. The maximum Gasteiger partial charge on any atom is 0.228 e. The highest BCUT2D eigenvalue weighted by atomic mass is 35.5. The minimum absolute atomic E-state index is 0.141. The van der Waals surface area contributed by atoms with E-state index in [0.717, 1.165) is 10.9 Å². The molecule has 0 aliphatic carbocycles. The van der Waals surface area contributed by atoms with Gasteiger partial charge in [0.25, 0.3) is 0 Å². The molecule has 122 valence electrons. The summed E-state index contributed by atoms with van der Waals surface area (Å²) in [5, 5.41) is 6.91. The molecule has 1 heterocycles. The molecule has 0 saturated carbocycles.